The normalized spacial score (nSPS) is 9.85. The summed E-state index contributed by atoms with van der Waals surface area (Å²) < 4.78 is 10.8. The molecule has 1 N–H and O–H groups in total. The third kappa shape index (κ3) is 2.14. The second kappa shape index (κ2) is 4.48. The van der Waals surface area contributed by atoms with Gasteiger partial charge in [-0.3, -0.25) is 0 Å². The summed E-state index contributed by atoms with van der Waals surface area (Å²) in [5.41, 5.74) is 0.657. The molecule has 1 aromatic rings. The standard InChI is InChI=1S/C9H10BrO3/c1-12-8-4-6(5-11)3-7(10)9(8)13-2/h4,11H,5H2,1-2H3. The SMILES string of the molecule is COc1cc(CO)[c]c(Br)c1OC. The summed E-state index contributed by atoms with van der Waals surface area (Å²) in [7, 11) is 3.10. The number of aliphatic hydroxyl groups is 1. The van der Waals surface area contributed by atoms with Crippen molar-refractivity contribution in [1.29, 1.82) is 0 Å². The highest BCUT2D eigenvalue weighted by Gasteiger charge is 2.09. The number of rotatable bonds is 3. The molecule has 1 radical (unpaired) electrons. The molecule has 0 saturated carbocycles. The Morgan fingerprint density at radius 2 is 2.15 bits per heavy atom. The summed E-state index contributed by atoms with van der Waals surface area (Å²) in [5, 5.41) is 8.90. The van der Waals surface area contributed by atoms with Crippen LogP contribution in [0.4, 0.5) is 0 Å². The lowest BCUT2D eigenvalue weighted by atomic mass is 10.2. The summed E-state index contributed by atoms with van der Waals surface area (Å²) in [6.45, 7) is -0.0705. The van der Waals surface area contributed by atoms with E-state index < -0.39 is 0 Å². The van der Waals surface area contributed by atoms with E-state index in [1.807, 2.05) is 0 Å². The predicted molar refractivity (Wildman–Crippen MR) is 52.0 cm³/mol. The minimum Gasteiger partial charge on any atom is -0.493 e. The average Bonchev–Trinajstić information content (AvgIpc) is 2.16. The Labute approximate surface area is 85.4 Å². The second-order valence-electron chi connectivity index (χ2n) is 2.37. The van der Waals surface area contributed by atoms with Crippen LogP contribution in [0.25, 0.3) is 0 Å². The van der Waals surface area contributed by atoms with E-state index in [0.29, 0.717) is 21.5 Å². The summed E-state index contributed by atoms with van der Waals surface area (Å²) in [5.74, 6) is 1.16. The fourth-order valence-corrected chi connectivity index (χ4v) is 1.60. The van der Waals surface area contributed by atoms with Gasteiger partial charge in [-0.25, -0.2) is 0 Å². The minimum absolute atomic E-state index is 0.0705. The van der Waals surface area contributed by atoms with E-state index in [1.165, 1.54) is 0 Å². The molecule has 0 aromatic heterocycles. The topological polar surface area (TPSA) is 38.7 Å². The molecule has 4 heteroatoms. The molecule has 0 saturated heterocycles. The zero-order chi connectivity index (χ0) is 9.84. The van der Waals surface area contributed by atoms with Crippen molar-refractivity contribution in [3.8, 4) is 11.5 Å². The highest BCUT2D eigenvalue weighted by molar-refractivity contribution is 9.10. The van der Waals surface area contributed by atoms with Gasteiger partial charge in [-0.2, -0.15) is 0 Å². The van der Waals surface area contributed by atoms with Gasteiger partial charge in [0.15, 0.2) is 11.5 Å². The van der Waals surface area contributed by atoms with Crippen LogP contribution >= 0.6 is 15.9 Å². The molecule has 3 nitrogen and oxygen atoms in total. The van der Waals surface area contributed by atoms with E-state index in [4.69, 9.17) is 14.6 Å². The maximum absolute atomic E-state index is 8.90. The highest BCUT2D eigenvalue weighted by atomic mass is 79.9. The minimum atomic E-state index is -0.0705. The van der Waals surface area contributed by atoms with Crippen LogP contribution in [0.2, 0.25) is 0 Å². The lowest BCUT2D eigenvalue weighted by Gasteiger charge is -2.10. The molecule has 0 aliphatic heterocycles. The zero-order valence-electron chi connectivity index (χ0n) is 7.43. The molecule has 0 heterocycles. The molecular weight excluding hydrogens is 236 g/mol. The van der Waals surface area contributed by atoms with Gasteiger partial charge in [0, 0.05) is 6.07 Å². The van der Waals surface area contributed by atoms with Crippen molar-refractivity contribution >= 4 is 15.9 Å². The van der Waals surface area contributed by atoms with E-state index >= 15 is 0 Å². The maximum Gasteiger partial charge on any atom is 0.175 e. The van der Waals surface area contributed by atoms with Crippen molar-refractivity contribution in [3.63, 3.8) is 0 Å². The molecule has 13 heavy (non-hydrogen) atoms. The number of methoxy groups -OCH3 is 2. The lowest BCUT2D eigenvalue weighted by Crippen LogP contribution is -1.94. The van der Waals surface area contributed by atoms with E-state index in [0.717, 1.165) is 0 Å². The number of halogens is 1. The molecular formula is C9H10BrO3. The Morgan fingerprint density at radius 3 is 2.62 bits per heavy atom. The zero-order valence-corrected chi connectivity index (χ0v) is 9.01. The quantitative estimate of drug-likeness (QED) is 0.883. The largest absolute Gasteiger partial charge is 0.493 e. The van der Waals surface area contributed by atoms with Crippen LogP contribution in [-0.4, -0.2) is 19.3 Å². The summed E-state index contributed by atoms with van der Waals surface area (Å²) in [6.07, 6.45) is 0. The van der Waals surface area contributed by atoms with Crippen LogP contribution in [0.15, 0.2) is 10.5 Å². The van der Waals surface area contributed by atoms with Crippen LogP contribution < -0.4 is 9.47 Å². The Balaban J connectivity index is 3.20. The van der Waals surface area contributed by atoms with Gasteiger partial charge in [-0.05, 0) is 27.6 Å². The van der Waals surface area contributed by atoms with E-state index in [9.17, 15) is 0 Å². The van der Waals surface area contributed by atoms with Crippen molar-refractivity contribution < 1.29 is 14.6 Å². The van der Waals surface area contributed by atoms with Gasteiger partial charge in [-0.1, -0.05) is 0 Å². The molecule has 1 aromatic carbocycles. The van der Waals surface area contributed by atoms with Crippen LogP contribution in [0, 0.1) is 6.07 Å². The molecule has 0 atom stereocenters. The molecule has 0 amide bonds. The highest BCUT2D eigenvalue weighted by Crippen LogP contribution is 2.35. The van der Waals surface area contributed by atoms with Crippen LogP contribution in [0.1, 0.15) is 5.56 Å². The van der Waals surface area contributed by atoms with Crippen molar-refractivity contribution in [2.75, 3.05) is 14.2 Å². The van der Waals surface area contributed by atoms with E-state index in [2.05, 4.69) is 22.0 Å². The van der Waals surface area contributed by atoms with E-state index in [-0.39, 0.29) is 6.61 Å². The lowest BCUT2D eigenvalue weighted by molar-refractivity contribution is 0.279. The van der Waals surface area contributed by atoms with Gasteiger partial charge >= 0.3 is 0 Å². The summed E-state index contributed by atoms with van der Waals surface area (Å²) >= 11 is 3.27. The molecule has 0 spiro atoms. The second-order valence-corrected chi connectivity index (χ2v) is 3.16. The summed E-state index contributed by atoms with van der Waals surface area (Å²) in [4.78, 5) is 0. The molecule has 71 valence electrons. The first-order valence-electron chi connectivity index (χ1n) is 3.66. The van der Waals surface area contributed by atoms with Crippen LogP contribution in [0.3, 0.4) is 0 Å². The van der Waals surface area contributed by atoms with Gasteiger partial charge < -0.3 is 14.6 Å². The van der Waals surface area contributed by atoms with Crippen molar-refractivity contribution in [3.05, 3.63) is 22.2 Å². The van der Waals surface area contributed by atoms with Crippen LogP contribution in [0.5, 0.6) is 11.5 Å². The Bertz CT molecular complexity index is 299. The number of ether oxygens (including phenoxy) is 2. The molecule has 1 rings (SSSR count). The van der Waals surface area contributed by atoms with Crippen molar-refractivity contribution in [1.82, 2.24) is 0 Å². The number of benzene rings is 1. The van der Waals surface area contributed by atoms with Gasteiger partial charge in [0.05, 0.1) is 25.3 Å². The Hall–Kier alpha value is -0.740. The smallest absolute Gasteiger partial charge is 0.175 e. The average molecular weight is 246 g/mol. The molecule has 0 fully saturated rings. The van der Waals surface area contributed by atoms with Gasteiger partial charge in [0.2, 0.25) is 0 Å². The predicted octanol–water partition coefficient (Wildman–Crippen LogP) is 1.76. The molecule has 0 aliphatic rings. The fourth-order valence-electron chi connectivity index (χ4n) is 0.993. The van der Waals surface area contributed by atoms with Gasteiger partial charge in [0.25, 0.3) is 0 Å². The Morgan fingerprint density at radius 1 is 1.46 bits per heavy atom. The molecule has 0 aliphatic carbocycles. The van der Waals surface area contributed by atoms with Crippen molar-refractivity contribution in [2.24, 2.45) is 0 Å². The monoisotopic (exact) mass is 245 g/mol. The third-order valence-corrected chi connectivity index (χ3v) is 2.15. The first-order valence-corrected chi connectivity index (χ1v) is 4.45. The van der Waals surface area contributed by atoms with Crippen LogP contribution in [-0.2, 0) is 6.61 Å². The summed E-state index contributed by atoms with van der Waals surface area (Å²) in [6, 6.07) is 4.60. The van der Waals surface area contributed by atoms with E-state index in [1.54, 1.807) is 20.3 Å². The first kappa shape index (κ1) is 10.3. The van der Waals surface area contributed by atoms with Crippen molar-refractivity contribution in [2.45, 2.75) is 6.61 Å². The van der Waals surface area contributed by atoms with Gasteiger partial charge in [-0.15, -0.1) is 0 Å². The number of hydrogen-bond acceptors (Lipinski definition) is 3. The third-order valence-electron chi connectivity index (χ3n) is 1.59. The molecule has 0 unspecified atom stereocenters. The molecule has 0 bridgehead atoms. The Kier molecular flexibility index (Phi) is 3.57. The van der Waals surface area contributed by atoms with Gasteiger partial charge in [0.1, 0.15) is 0 Å². The number of aliphatic hydroxyl groups excluding tert-OH is 1. The maximum atomic E-state index is 8.90. The first-order chi connectivity index (χ1) is 6.22. The number of hydrogen-bond donors (Lipinski definition) is 1. The fraction of sp³-hybridized carbons (Fsp3) is 0.333.